The van der Waals surface area contributed by atoms with E-state index in [-0.39, 0.29) is 5.78 Å². The number of nitrogens with zero attached hydrogens (tertiary/aromatic N) is 3. The zero-order valence-electron chi connectivity index (χ0n) is 9.56. The standard InChI is InChI=1S/C12H13N3O/c1-8-6-9(2)15(14-8)12-7-11(10(3)16)4-5-13-12/h4-7H,1-3H3. The molecule has 0 aliphatic rings. The highest BCUT2D eigenvalue weighted by atomic mass is 16.1. The summed E-state index contributed by atoms with van der Waals surface area (Å²) in [5.41, 5.74) is 2.59. The molecule has 0 aliphatic heterocycles. The molecule has 16 heavy (non-hydrogen) atoms. The molecule has 0 radical (unpaired) electrons. The van der Waals surface area contributed by atoms with E-state index in [2.05, 4.69) is 10.1 Å². The van der Waals surface area contributed by atoms with Gasteiger partial charge in [-0.1, -0.05) is 0 Å². The lowest BCUT2D eigenvalue weighted by Crippen LogP contribution is -2.03. The smallest absolute Gasteiger partial charge is 0.159 e. The van der Waals surface area contributed by atoms with Crippen molar-refractivity contribution in [1.82, 2.24) is 14.8 Å². The maximum absolute atomic E-state index is 11.3. The van der Waals surface area contributed by atoms with E-state index >= 15 is 0 Å². The monoisotopic (exact) mass is 215 g/mol. The quantitative estimate of drug-likeness (QED) is 0.721. The van der Waals surface area contributed by atoms with Gasteiger partial charge in [-0.2, -0.15) is 5.10 Å². The number of aryl methyl sites for hydroxylation is 2. The van der Waals surface area contributed by atoms with Crippen LogP contribution < -0.4 is 0 Å². The van der Waals surface area contributed by atoms with E-state index in [0.717, 1.165) is 11.4 Å². The summed E-state index contributed by atoms with van der Waals surface area (Å²) < 4.78 is 1.74. The van der Waals surface area contributed by atoms with E-state index in [9.17, 15) is 4.79 Å². The van der Waals surface area contributed by atoms with Crippen LogP contribution in [0.15, 0.2) is 24.4 Å². The number of Topliss-reactive ketones (excluding diaryl/α,β-unsaturated/α-hetero) is 1. The maximum atomic E-state index is 11.3. The van der Waals surface area contributed by atoms with Crippen molar-refractivity contribution in [2.75, 3.05) is 0 Å². The highest BCUT2D eigenvalue weighted by molar-refractivity contribution is 5.94. The molecular formula is C12H13N3O. The normalized spacial score (nSPS) is 10.4. The van der Waals surface area contributed by atoms with Gasteiger partial charge in [-0.3, -0.25) is 4.79 Å². The summed E-state index contributed by atoms with van der Waals surface area (Å²) in [6, 6.07) is 5.43. The molecular weight excluding hydrogens is 202 g/mol. The van der Waals surface area contributed by atoms with Gasteiger partial charge in [0.2, 0.25) is 0 Å². The minimum absolute atomic E-state index is 0.0326. The highest BCUT2D eigenvalue weighted by Crippen LogP contribution is 2.11. The van der Waals surface area contributed by atoms with Gasteiger partial charge in [0.15, 0.2) is 11.6 Å². The predicted octanol–water partition coefficient (Wildman–Crippen LogP) is 2.09. The van der Waals surface area contributed by atoms with Crippen molar-refractivity contribution in [1.29, 1.82) is 0 Å². The van der Waals surface area contributed by atoms with E-state index in [4.69, 9.17) is 0 Å². The van der Waals surface area contributed by atoms with E-state index in [0.29, 0.717) is 11.4 Å². The minimum Gasteiger partial charge on any atom is -0.295 e. The third-order valence-corrected chi connectivity index (χ3v) is 2.38. The van der Waals surface area contributed by atoms with Crippen LogP contribution in [0.25, 0.3) is 5.82 Å². The fraction of sp³-hybridized carbons (Fsp3) is 0.250. The molecule has 2 rings (SSSR count). The minimum atomic E-state index is 0.0326. The Morgan fingerprint density at radius 1 is 1.31 bits per heavy atom. The van der Waals surface area contributed by atoms with Crippen LogP contribution in [0.4, 0.5) is 0 Å². The summed E-state index contributed by atoms with van der Waals surface area (Å²) in [7, 11) is 0. The number of hydrogen-bond donors (Lipinski definition) is 0. The topological polar surface area (TPSA) is 47.8 Å². The molecule has 4 heteroatoms. The first-order valence-corrected chi connectivity index (χ1v) is 5.08. The molecule has 0 saturated heterocycles. The lowest BCUT2D eigenvalue weighted by Gasteiger charge is -2.04. The molecule has 4 nitrogen and oxygen atoms in total. The molecule has 2 aromatic heterocycles. The number of carbonyl (C=O) groups is 1. The van der Waals surface area contributed by atoms with Crippen LogP contribution in [-0.4, -0.2) is 20.5 Å². The Morgan fingerprint density at radius 3 is 2.62 bits per heavy atom. The molecule has 0 amide bonds. The van der Waals surface area contributed by atoms with E-state index < -0.39 is 0 Å². The summed E-state index contributed by atoms with van der Waals surface area (Å²) >= 11 is 0. The van der Waals surface area contributed by atoms with Crippen molar-refractivity contribution in [2.45, 2.75) is 20.8 Å². The van der Waals surface area contributed by atoms with E-state index in [1.54, 1.807) is 29.9 Å². The van der Waals surface area contributed by atoms with Crippen LogP contribution in [0, 0.1) is 13.8 Å². The second-order valence-corrected chi connectivity index (χ2v) is 3.80. The molecule has 0 saturated carbocycles. The zero-order valence-corrected chi connectivity index (χ0v) is 9.56. The summed E-state index contributed by atoms with van der Waals surface area (Å²) in [5.74, 6) is 0.712. The number of ketones is 1. The Labute approximate surface area is 93.9 Å². The molecule has 0 unspecified atom stereocenters. The lowest BCUT2D eigenvalue weighted by atomic mass is 10.2. The Hall–Kier alpha value is -1.97. The first-order valence-electron chi connectivity index (χ1n) is 5.08. The van der Waals surface area contributed by atoms with Gasteiger partial charge >= 0.3 is 0 Å². The maximum Gasteiger partial charge on any atom is 0.159 e. The second-order valence-electron chi connectivity index (χ2n) is 3.80. The third-order valence-electron chi connectivity index (χ3n) is 2.38. The van der Waals surface area contributed by atoms with Gasteiger partial charge in [-0.15, -0.1) is 0 Å². The molecule has 0 atom stereocenters. The Morgan fingerprint density at radius 2 is 2.06 bits per heavy atom. The summed E-state index contributed by atoms with van der Waals surface area (Å²) in [5, 5.41) is 4.32. The molecule has 82 valence electrons. The van der Waals surface area contributed by atoms with Crippen LogP contribution in [0.3, 0.4) is 0 Å². The third kappa shape index (κ3) is 1.86. The first kappa shape index (κ1) is 10.5. The van der Waals surface area contributed by atoms with Gasteiger partial charge in [-0.25, -0.2) is 9.67 Å². The van der Waals surface area contributed by atoms with Gasteiger partial charge in [0.25, 0.3) is 0 Å². The lowest BCUT2D eigenvalue weighted by molar-refractivity contribution is 0.101. The number of carbonyl (C=O) groups excluding carboxylic acids is 1. The molecule has 2 aromatic rings. The van der Waals surface area contributed by atoms with E-state index in [1.807, 2.05) is 19.9 Å². The molecule has 0 fully saturated rings. The fourth-order valence-corrected chi connectivity index (χ4v) is 1.61. The number of hydrogen-bond acceptors (Lipinski definition) is 3. The van der Waals surface area contributed by atoms with Crippen LogP contribution in [0.1, 0.15) is 28.7 Å². The predicted molar refractivity (Wildman–Crippen MR) is 60.8 cm³/mol. The Balaban J connectivity index is 2.52. The molecule has 0 N–H and O–H groups in total. The number of pyridine rings is 1. The Kier molecular flexibility index (Phi) is 2.56. The first-order chi connectivity index (χ1) is 7.58. The molecule has 0 aliphatic carbocycles. The number of rotatable bonds is 2. The zero-order chi connectivity index (χ0) is 11.7. The van der Waals surface area contributed by atoms with Gasteiger partial charge in [0.1, 0.15) is 0 Å². The molecule has 0 spiro atoms. The van der Waals surface area contributed by atoms with Gasteiger partial charge < -0.3 is 0 Å². The Bertz CT molecular complexity index is 543. The summed E-state index contributed by atoms with van der Waals surface area (Å²) in [6.45, 7) is 5.43. The van der Waals surface area contributed by atoms with Crippen molar-refractivity contribution in [3.8, 4) is 5.82 Å². The van der Waals surface area contributed by atoms with Crippen LogP contribution in [0.2, 0.25) is 0 Å². The van der Waals surface area contributed by atoms with Crippen molar-refractivity contribution < 1.29 is 4.79 Å². The fourth-order valence-electron chi connectivity index (χ4n) is 1.61. The molecule has 2 heterocycles. The summed E-state index contributed by atoms with van der Waals surface area (Å²) in [6.07, 6.45) is 1.63. The average Bonchev–Trinajstić information content (AvgIpc) is 2.58. The van der Waals surface area contributed by atoms with Crippen LogP contribution >= 0.6 is 0 Å². The largest absolute Gasteiger partial charge is 0.295 e. The molecule has 0 aromatic carbocycles. The van der Waals surface area contributed by atoms with Crippen molar-refractivity contribution in [3.05, 3.63) is 41.3 Å². The average molecular weight is 215 g/mol. The highest BCUT2D eigenvalue weighted by Gasteiger charge is 2.07. The number of aromatic nitrogens is 3. The SMILES string of the molecule is CC(=O)c1ccnc(-n2nc(C)cc2C)c1. The van der Waals surface area contributed by atoms with Crippen molar-refractivity contribution in [2.24, 2.45) is 0 Å². The van der Waals surface area contributed by atoms with E-state index in [1.165, 1.54) is 0 Å². The molecule has 0 bridgehead atoms. The van der Waals surface area contributed by atoms with Crippen molar-refractivity contribution >= 4 is 5.78 Å². The van der Waals surface area contributed by atoms with Crippen LogP contribution in [-0.2, 0) is 0 Å². The van der Waals surface area contributed by atoms with Crippen molar-refractivity contribution in [3.63, 3.8) is 0 Å². The van der Waals surface area contributed by atoms with Gasteiger partial charge in [-0.05, 0) is 39.0 Å². The van der Waals surface area contributed by atoms with Gasteiger partial charge in [0, 0.05) is 17.5 Å². The van der Waals surface area contributed by atoms with Gasteiger partial charge in [0.05, 0.1) is 5.69 Å². The van der Waals surface area contributed by atoms with Crippen LogP contribution in [0.5, 0.6) is 0 Å². The summed E-state index contributed by atoms with van der Waals surface area (Å²) in [4.78, 5) is 15.5. The second kappa shape index (κ2) is 3.89.